The highest BCUT2D eigenvalue weighted by molar-refractivity contribution is 9.10. The monoisotopic (exact) mass is 424 g/mol. The molecule has 0 aliphatic heterocycles. The zero-order valence-electron chi connectivity index (χ0n) is 11.8. The van der Waals surface area contributed by atoms with Crippen molar-refractivity contribution in [1.29, 1.82) is 0 Å². The van der Waals surface area contributed by atoms with E-state index in [0.717, 1.165) is 14.5 Å². The third-order valence-corrected chi connectivity index (χ3v) is 3.75. The third-order valence-electron chi connectivity index (χ3n) is 2.73. The van der Waals surface area contributed by atoms with Gasteiger partial charge in [0.25, 0.3) is 5.91 Å². The van der Waals surface area contributed by atoms with Gasteiger partial charge in [-0.15, -0.1) is 0 Å². The Balaban J connectivity index is 1.87. The summed E-state index contributed by atoms with van der Waals surface area (Å²) < 4.78 is 7.45. The number of hydrazone groups is 1. The van der Waals surface area contributed by atoms with Crippen LogP contribution in [-0.2, 0) is 4.79 Å². The second kappa shape index (κ2) is 8.10. The zero-order valence-corrected chi connectivity index (χ0v) is 15.0. The van der Waals surface area contributed by atoms with Gasteiger partial charge in [-0.05, 0) is 48.9 Å². The molecule has 6 heteroatoms. The number of rotatable bonds is 5. The smallest absolute Gasteiger partial charge is 0.280 e. The zero-order chi connectivity index (χ0) is 15.9. The van der Waals surface area contributed by atoms with Gasteiger partial charge in [0.15, 0.2) is 6.10 Å². The molecule has 2 aromatic carbocycles. The fourth-order valence-electron chi connectivity index (χ4n) is 1.62. The van der Waals surface area contributed by atoms with E-state index in [4.69, 9.17) is 4.74 Å². The molecule has 0 spiro atoms. The van der Waals surface area contributed by atoms with Crippen LogP contribution in [0.5, 0.6) is 5.75 Å². The molecule has 2 rings (SSSR count). The Kier molecular flexibility index (Phi) is 6.15. The van der Waals surface area contributed by atoms with E-state index < -0.39 is 6.10 Å². The van der Waals surface area contributed by atoms with E-state index in [1.165, 1.54) is 0 Å². The minimum Gasteiger partial charge on any atom is -0.481 e. The van der Waals surface area contributed by atoms with Crippen molar-refractivity contribution in [2.45, 2.75) is 13.0 Å². The fraction of sp³-hybridized carbons (Fsp3) is 0.125. The first-order valence-corrected chi connectivity index (χ1v) is 8.14. The van der Waals surface area contributed by atoms with Crippen molar-refractivity contribution in [1.82, 2.24) is 5.43 Å². The largest absolute Gasteiger partial charge is 0.481 e. The highest BCUT2D eigenvalue weighted by Gasteiger charge is 2.13. The van der Waals surface area contributed by atoms with Crippen molar-refractivity contribution < 1.29 is 9.53 Å². The normalized spacial score (nSPS) is 12.1. The number of nitrogens with zero attached hydrogens (tertiary/aromatic N) is 1. The van der Waals surface area contributed by atoms with Gasteiger partial charge in [0.1, 0.15) is 5.75 Å². The molecule has 1 N–H and O–H groups in total. The summed E-state index contributed by atoms with van der Waals surface area (Å²) >= 11 is 6.72. The number of hydrogen-bond acceptors (Lipinski definition) is 3. The van der Waals surface area contributed by atoms with Crippen LogP contribution >= 0.6 is 31.9 Å². The number of halogens is 2. The molecule has 0 radical (unpaired) electrons. The van der Waals surface area contributed by atoms with Crippen molar-refractivity contribution in [2.24, 2.45) is 5.10 Å². The number of carbonyl (C=O) groups excluding carboxylic acids is 1. The van der Waals surface area contributed by atoms with Crippen LogP contribution in [0, 0.1) is 0 Å². The van der Waals surface area contributed by atoms with Gasteiger partial charge < -0.3 is 4.74 Å². The second-order valence-electron chi connectivity index (χ2n) is 4.50. The van der Waals surface area contributed by atoms with Gasteiger partial charge in [0.05, 0.1) is 6.21 Å². The van der Waals surface area contributed by atoms with Crippen molar-refractivity contribution in [3.8, 4) is 5.75 Å². The van der Waals surface area contributed by atoms with Crippen LogP contribution in [0.3, 0.4) is 0 Å². The number of hydrogen-bond donors (Lipinski definition) is 1. The Morgan fingerprint density at radius 3 is 2.59 bits per heavy atom. The van der Waals surface area contributed by atoms with E-state index in [0.29, 0.717) is 5.75 Å². The summed E-state index contributed by atoms with van der Waals surface area (Å²) in [5.74, 6) is 0.316. The Hall–Kier alpha value is -1.66. The molecule has 0 aliphatic carbocycles. The van der Waals surface area contributed by atoms with Gasteiger partial charge in [-0.2, -0.15) is 5.10 Å². The lowest BCUT2D eigenvalue weighted by molar-refractivity contribution is -0.127. The van der Waals surface area contributed by atoms with Crippen molar-refractivity contribution in [2.75, 3.05) is 0 Å². The average Bonchev–Trinajstić information content (AvgIpc) is 2.49. The molecular weight excluding hydrogens is 412 g/mol. The lowest BCUT2D eigenvalue weighted by Gasteiger charge is -2.12. The topological polar surface area (TPSA) is 50.7 Å². The molecule has 0 aromatic heterocycles. The highest BCUT2D eigenvalue weighted by Crippen LogP contribution is 2.17. The van der Waals surface area contributed by atoms with Crippen LogP contribution in [0.1, 0.15) is 12.5 Å². The summed E-state index contributed by atoms with van der Waals surface area (Å²) in [5.41, 5.74) is 3.35. The second-order valence-corrected chi connectivity index (χ2v) is 6.33. The quantitative estimate of drug-likeness (QED) is 0.578. The number of ether oxygens (including phenoxy) is 1. The van der Waals surface area contributed by atoms with Gasteiger partial charge in [0, 0.05) is 8.95 Å². The Morgan fingerprint density at radius 2 is 1.91 bits per heavy atom. The van der Waals surface area contributed by atoms with E-state index in [9.17, 15) is 4.79 Å². The molecule has 0 bridgehead atoms. The summed E-state index contributed by atoms with van der Waals surface area (Å²) in [4.78, 5) is 11.9. The number of benzene rings is 2. The SMILES string of the molecule is C[C@H](Oc1ccc(Br)cc1)C(=O)N/N=C\c1cccc(Br)c1. The first-order valence-electron chi connectivity index (χ1n) is 6.55. The minimum atomic E-state index is -0.638. The van der Waals surface area contributed by atoms with Gasteiger partial charge >= 0.3 is 0 Å². The number of amides is 1. The summed E-state index contributed by atoms with van der Waals surface area (Å²) in [6, 6.07) is 14.9. The predicted molar refractivity (Wildman–Crippen MR) is 94.1 cm³/mol. The van der Waals surface area contributed by atoms with E-state index in [2.05, 4.69) is 42.4 Å². The lowest BCUT2D eigenvalue weighted by Crippen LogP contribution is -2.33. The number of nitrogens with one attached hydrogen (secondary N) is 1. The average molecular weight is 426 g/mol. The molecular formula is C16H14Br2N2O2. The molecule has 2 aromatic rings. The van der Waals surface area contributed by atoms with Crippen LogP contribution in [0.15, 0.2) is 62.6 Å². The maximum Gasteiger partial charge on any atom is 0.280 e. The highest BCUT2D eigenvalue weighted by atomic mass is 79.9. The van der Waals surface area contributed by atoms with Crippen LogP contribution in [-0.4, -0.2) is 18.2 Å². The Bertz CT molecular complexity index is 672. The van der Waals surface area contributed by atoms with Crippen LogP contribution < -0.4 is 10.2 Å². The van der Waals surface area contributed by atoms with Crippen molar-refractivity contribution >= 4 is 44.0 Å². The van der Waals surface area contributed by atoms with Gasteiger partial charge in [-0.1, -0.05) is 44.0 Å². The van der Waals surface area contributed by atoms with Gasteiger partial charge in [-0.25, -0.2) is 5.43 Å². The molecule has 1 atom stereocenters. The van der Waals surface area contributed by atoms with Crippen LogP contribution in [0.25, 0.3) is 0 Å². The van der Waals surface area contributed by atoms with Crippen molar-refractivity contribution in [3.63, 3.8) is 0 Å². The van der Waals surface area contributed by atoms with E-state index >= 15 is 0 Å². The molecule has 0 saturated heterocycles. The summed E-state index contributed by atoms with van der Waals surface area (Å²) in [7, 11) is 0. The van der Waals surface area contributed by atoms with E-state index in [1.54, 1.807) is 25.3 Å². The maximum absolute atomic E-state index is 11.9. The Morgan fingerprint density at radius 1 is 1.18 bits per heavy atom. The molecule has 1 amide bonds. The maximum atomic E-state index is 11.9. The van der Waals surface area contributed by atoms with Crippen molar-refractivity contribution in [3.05, 3.63) is 63.0 Å². The number of carbonyl (C=O) groups is 1. The Labute approximate surface area is 145 Å². The molecule has 0 unspecified atom stereocenters. The molecule has 4 nitrogen and oxygen atoms in total. The molecule has 22 heavy (non-hydrogen) atoms. The molecule has 0 heterocycles. The first-order chi connectivity index (χ1) is 10.5. The standard InChI is InChI=1S/C16H14Br2N2O2/c1-11(22-15-7-5-13(17)6-8-15)16(21)20-19-10-12-3-2-4-14(18)9-12/h2-11H,1H3,(H,20,21)/b19-10-/t11-/m0/s1. The first kappa shape index (κ1) is 16.7. The molecule has 0 aliphatic rings. The fourth-order valence-corrected chi connectivity index (χ4v) is 2.30. The minimum absolute atomic E-state index is 0.311. The summed E-state index contributed by atoms with van der Waals surface area (Å²) in [5, 5.41) is 3.93. The predicted octanol–water partition coefficient (Wildman–Crippen LogP) is 4.13. The van der Waals surface area contributed by atoms with E-state index in [-0.39, 0.29) is 5.91 Å². The molecule has 0 saturated carbocycles. The molecule has 114 valence electrons. The third kappa shape index (κ3) is 5.27. The molecule has 0 fully saturated rings. The van der Waals surface area contributed by atoms with Crippen LogP contribution in [0.2, 0.25) is 0 Å². The van der Waals surface area contributed by atoms with Gasteiger partial charge in [0.2, 0.25) is 0 Å². The summed E-state index contributed by atoms with van der Waals surface area (Å²) in [6.45, 7) is 1.67. The van der Waals surface area contributed by atoms with E-state index in [1.807, 2.05) is 36.4 Å². The summed E-state index contributed by atoms with van der Waals surface area (Å²) in [6.07, 6.45) is 0.940. The lowest BCUT2D eigenvalue weighted by atomic mass is 10.2. The van der Waals surface area contributed by atoms with Crippen LogP contribution in [0.4, 0.5) is 0 Å². The van der Waals surface area contributed by atoms with Gasteiger partial charge in [-0.3, -0.25) is 4.79 Å².